The minimum Gasteiger partial charge on any atom is -0.383 e. The van der Waals surface area contributed by atoms with Crippen LogP contribution in [0.15, 0.2) is 18.2 Å². The molecule has 0 aliphatic carbocycles. The average Bonchev–Trinajstić information content (AvgIpc) is 2.29. The lowest BCUT2D eigenvalue weighted by atomic mass is 10.1. The summed E-state index contributed by atoms with van der Waals surface area (Å²) in [5.41, 5.74) is 0.460. The molecule has 6 heteroatoms. The topological polar surface area (TPSA) is 88.2 Å². The second-order valence-corrected chi connectivity index (χ2v) is 3.60. The van der Waals surface area contributed by atoms with Gasteiger partial charge in [-0.1, -0.05) is 0 Å². The van der Waals surface area contributed by atoms with Crippen molar-refractivity contribution in [2.45, 2.75) is 13.0 Å². The van der Waals surface area contributed by atoms with Gasteiger partial charge in [-0.15, -0.1) is 0 Å². The monoisotopic (exact) mass is 235 g/mol. The van der Waals surface area contributed by atoms with E-state index in [1.807, 2.05) is 6.92 Å². The van der Waals surface area contributed by atoms with Crippen molar-refractivity contribution in [3.8, 4) is 6.07 Å². The van der Waals surface area contributed by atoms with E-state index in [0.29, 0.717) is 12.3 Å². The minimum atomic E-state index is -0.565. The predicted octanol–water partition coefficient (Wildman–Crippen LogP) is 1.91. The number of nitro benzene ring substituents is 1. The zero-order valence-electron chi connectivity index (χ0n) is 9.64. The number of nitriles is 1. The molecule has 6 nitrogen and oxygen atoms in total. The van der Waals surface area contributed by atoms with Crippen LogP contribution in [0.1, 0.15) is 12.5 Å². The Morgan fingerprint density at radius 2 is 2.35 bits per heavy atom. The van der Waals surface area contributed by atoms with E-state index < -0.39 is 4.92 Å². The second kappa shape index (κ2) is 5.82. The van der Waals surface area contributed by atoms with Crippen LogP contribution in [-0.4, -0.2) is 24.7 Å². The van der Waals surface area contributed by atoms with Crippen molar-refractivity contribution >= 4 is 11.4 Å². The third-order valence-electron chi connectivity index (χ3n) is 2.14. The first-order valence-corrected chi connectivity index (χ1v) is 5.02. The number of rotatable bonds is 5. The molecular formula is C11H13N3O3. The summed E-state index contributed by atoms with van der Waals surface area (Å²) in [6.45, 7) is 2.39. The maximum absolute atomic E-state index is 10.7. The molecular weight excluding hydrogens is 222 g/mol. The summed E-state index contributed by atoms with van der Waals surface area (Å²) < 4.78 is 4.95. The molecule has 0 spiro atoms. The number of ether oxygens (including phenoxy) is 1. The Morgan fingerprint density at radius 1 is 1.65 bits per heavy atom. The number of nitrogens with one attached hydrogen (secondary N) is 1. The Balaban J connectivity index is 2.93. The quantitative estimate of drug-likeness (QED) is 0.622. The Labute approximate surface area is 99.0 Å². The van der Waals surface area contributed by atoms with E-state index in [0.717, 1.165) is 0 Å². The Bertz CT molecular complexity index is 454. The summed E-state index contributed by atoms with van der Waals surface area (Å²) in [5, 5.41) is 22.5. The van der Waals surface area contributed by atoms with Crippen LogP contribution >= 0.6 is 0 Å². The lowest BCUT2D eigenvalue weighted by molar-refractivity contribution is -0.385. The average molecular weight is 235 g/mol. The highest BCUT2D eigenvalue weighted by Gasteiger charge is 2.14. The van der Waals surface area contributed by atoms with Crippen LogP contribution in [0.4, 0.5) is 11.4 Å². The summed E-state index contributed by atoms with van der Waals surface area (Å²) in [4.78, 5) is 10.2. The van der Waals surface area contributed by atoms with Gasteiger partial charge in [0.2, 0.25) is 0 Å². The lowest BCUT2D eigenvalue weighted by Crippen LogP contribution is -2.20. The molecule has 1 rings (SSSR count). The first-order chi connectivity index (χ1) is 8.08. The number of benzene rings is 1. The number of methoxy groups -OCH3 is 1. The predicted molar refractivity (Wildman–Crippen MR) is 62.8 cm³/mol. The summed E-state index contributed by atoms with van der Waals surface area (Å²) in [7, 11) is 1.58. The molecule has 1 N–H and O–H groups in total. The molecule has 1 aromatic rings. The molecule has 90 valence electrons. The molecule has 0 fully saturated rings. The van der Waals surface area contributed by atoms with Gasteiger partial charge >= 0.3 is 0 Å². The molecule has 0 amide bonds. The van der Waals surface area contributed by atoms with Gasteiger partial charge in [0.1, 0.15) is 11.6 Å². The van der Waals surface area contributed by atoms with Crippen LogP contribution in [0.5, 0.6) is 0 Å². The number of nitro groups is 1. The standard InChI is InChI=1S/C11H13N3O3/c1-8(7-17-2)13-10-4-3-9(6-12)11(5-10)14(15)16/h3-5,8,13H,7H2,1-2H3. The molecule has 0 aromatic heterocycles. The van der Waals surface area contributed by atoms with Gasteiger partial charge in [-0.3, -0.25) is 10.1 Å². The van der Waals surface area contributed by atoms with Crippen LogP contribution in [0.25, 0.3) is 0 Å². The summed E-state index contributed by atoms with van der Waals surface area (Å²) >= 11 is 0. The highest BCUT2D eigenvalue weighted by atomic mass is 16.6. The van der Waals surface area contributed by atoms with Crippen molar-refractivity contribution in [1.29, 1.82) is 5.26 Å². The fourth-order valence-electron chi connectivity index (χ4n) is 1.44. The van der Waals surface area contributed by atoms with Gasteiger partial charge in [0, 0.05) is 24.9 Å². The Kier molecular flexibility index (Phi) is 4.43. The first kappa shape index (κ1) is 12.9. The van der Waals surface area contributed by atoms with Gasteiger partial charge in [0.15, 0.2) is 0 Å². The highest BCUT2D eigenvalue weighted by molar-refractivity contribution is 5.59. The van der Waals surface area contributed by atoms with Crippen molar-refractivity contribution in [2.24, 2.45) is 0 Å². The van der Waals surface area contributed by atoms with E-state index in [2.05, 4.69) is 5.32 Å². The molecule has 1 unspecified atom stereocenters. The van der Waals surface area contributed by atoms with E-state index in [1.54, 1.807) is 19.2 Å². The van der Waals surface area contributed by atoms with Crippen LogP contribution < -0.4 is 5.32 Å². The van der Waals surface area contributed by atoms with Crippen LogP contribution in [0, 0.1) is 21.4 Å². The van der Waals surface area contributed by atoms with E-state index in [-0.39, 0.29) is 17.3 Å². The molecule has 0 saturated heterocycles. The maximum Gasteiger partial charge on any atom is 0.289 e. The first-order valence-electron chi connectivity index (χ1n) is 5.02. The fraction of sp³-hybridized carbons (Fsp3) is 0.364. The number of anilines is 1. The van der Waals surface area contributed by atoms with Crippen molar-refractivity contribution in [2.75, 3.05) is 19.0 Å². The molecule has 1 atom stereocenters. The number of hydrogen-bond donors (Lipinski definition) is 1. The second-order valence-electron chi connectivity index (χ2n) is 3.60. The highest BCUT2D eigenvalue weighted by Crippen LogP contribution is 2.22. The molecule has 1 aromatic carbocycles. The summed E-state index contributed by atoms with van der Waals surface area (Å²) in [6.07, 6.45) is 0. The van der Waals surface area contributed by atoms with E-state index in [1.165, 1.54) is 12.1 Å². The zero-order valence-corrected chi connectivity index (χ0v) is 9.64. The minimum absolute atomic E-state index is 0.0348. The number of hydrogen-bond acceptors (Lipinski definition) is 5. The normalized spacial score (nSPS) is 11.6. The van der Waals surface area contributed by atoms with E-state index in [9.17, 15) is 10.1 Å². The third-order valence-corrected chi connectivity index (χ3v) is 2.14. The van der Waals surface area contributed by atoms with Gasteiger partial charge in [-0.05, 0) is 19.1 Å². The van der Waals surface area contributed by atoms with Gasteiger partial charge in [0.25, 0.3) is 5.69 Å². The molecule has 0 heterocycles. The summed E-state index contributed by atoms with van der Waals surface area (Å²) in [5.74, 6) is 0. The molecule has 0 aliphatic rings. The van der Waals surface area contributed by atoms with Gasteiger partial charge in [-0.25, -0.2) is 0 Å². The van der Waals surface area contributed by atoms with Crippen LogP contribution in [0.2, 0.25) is 0 Å². The molecule has 0 radical (unpaired) electrons. The van der Waals surface area contributed by atoms with Crippen molar-refractivity contribution in [3.05, 3.63) is 33.9 Å². The molecule has 0 saturated carbocycles. The fourth-order valence-corrected chi connectivity index (χ4v) is 1.44. The zero-order chi connectivity index (χ0) is 12.8. The van der Waals surface area contributed by atoms with E-state index in [4.69, 9.17) is 10.00 Å². The Morgan fingerprint density at radius 3 is 2.88 bits per heavy atom. The smallest absolute Gasteiger partial charge is 0.289 e. The molecule has 0 aliphatic heterocycles. The summed E-state index contributed by atoms with van der Waals surface area (Å²) in [6, 6.07) is 6.24. The maximum atomic E-state index is 10.7. The largest absolute Gasteiger partial charge is 0.383 e. The van der Waals surface area contributed by atoms with Crippen LogP contribution in [-0.2, 0) is 4.74 Å². The SMILES string of the molecule is COCC(C)Nc1ccc(C#N)c([N+](=O)[O-])c1. The van der Waals surface area contributed by atoms with Crippen molar-refractivity contribution in [3.63, 3.8) is 0 Å². The van der Waals surface area contributed by atoms with Crippen LogP contribution in [0.3, 0.4) is 0 Å². The van der Waals surface area contributed by atoms with Crippen molar-refractivity contribution < 1.29 is 9.66 Å². The van der Waals surface area contributed by atoms with Gasteiger partial charge < -0.3 is 10.1 Å². The Hall–Kier alpha value is -2.13. The molecule has 17 heavy (non-hydrogen) atoms. The third kappa shape index (κ3) is 3.43. The number of nitrogens with zero attached hydrogens (tertiary/aromatic N) is 2. The van der Waals surface area contributed by atoms with E-state index >= 15 is 0 Å². The van der Waals surface area contributed by atoms with Gasteiger partial charge in [0.05, 0.1) is 11.5 Å². The van der Waals surface area contributed by atoms with Gasteiger partial charge in [-0.2, -0.15) is 5.26 Å². The molecule has 0 bridgehead atoms. The van der Waals surface area contributed by atoms with Crippen molar-refractivity contribution in [1.82, 2.24) is 0 Å². The lowest BCUT2D eigenvalue weighted by Gasteiger charge is -2.13.